The number of nitrogens with zero attached hydrogens (tertiary/aromatic N) is 2. The molecule has 0 radical (unpaired) electrons. The lowest BCUT2D eigenvalue weighted by Crippen LogP contribution is -2.48. The second-order valence-electron chi connectivity index (χ2n) is 9.02. The predicted molar refractivity (Wildman–Crippen MR) is 129 cm³/mol. The topological polar surface area (TPSA) is 91.0 Å². The summed E-state index contributed by atoms with van der Waals surface area (Å²) in [6.07, 6.45) is 1.56. The van der Waals surface area contributed by atoms with Gasteiger partial charge < -0.3 is 25.2 Å². The zero-order valence-corrected chi connectivity index (χ0v) is 19.8. The minimum Gasteiger partial charge on any atom is -0.372 e. The van der Waals surface area contributed by atoms with Crippen molar-refractivity contribution >= 4 is 23.5 Å². The summed E-state index contributed by atoms with van der Waals surface area (Å²) in [5, 5.41) is 5.68. The van der Waals surface area contributed by atoms with E-state index in [4.69, 9.17) is 4.74 Å². The normalized spacial score (nSPS) is 20.4. The second-order valence-corrected chi connectivity index (χ2v) is 9.02. The quantitative estimate of drug-likeness (QED) is 0.688. The summed E-state index contributed by atoms with van der Waals surface area (Å²) in [7, 11) is 0. The summed E-state index contributed by atoms with van der Waals surface area (Å²) < 4.78 is 5.70. The van der Waals surface area contributed by atoms with Crippen LogP contribution in [0.3, 0.4) is 0 Å². The monoisotopic (exact) mass is 464 g/mol. The number of rotatable bonds is 6. The van der Waals surface area contributed by atoms with Crippen LogP contribution in [0.1, 0.15) is 48.2 Å². The van der Waals surface area contributed by atoms with E-state index < -0.39 is 0 Å². The number of carbonyl (C=O) groups excluding carboxylic acids is 3. The lowest BCUT2D eigenvalue weighted by atomic mass is 10.1. The first-order chi connectivity index (χ1) is 16.4. The molecule has 2 fully saturated rings. The van der Waals surface area contributed by atoms with E-state index in [0.717, 1.165) is 29.8 Å². The van der Waals surface area contributed by atoms with Crippen molar-refractivity contribution in [3.63, 3.8) is 0 Å². The van der Waals surface area contributed by atoms with E-state index >= 15 is 0 Å². The standard InChI is InChI=1S/C26H32N4O4/c1-18-16-29(17-19(2)34-18)25(32)22-9-5-20(6-10-22)14-27-26(33)28-15-21-7-11-23(12-8-21)30-13-3-4-24(30)31/h5-12,18-19H,3-4,13-17H2,1-2H3,(H2,27,28,33). The maximum absolute atomic E-state index is 12.8. The van der Waals surface area contributed by atoms with Gasteiger partial charge in [-0.3, -0.25) is 9.59 Å². The van der Waals surface area contributed by atoms with Crippen molar-refractivity contribution < 1.29 is 19.1 Å². The Morgan fingerprint density at radius 2 is 1.47 bits per heavy atom. The number of hydrogen-bond donors (Lipinski definition) is 2. The van der Waals surface area contributed by atoms with Crippen LogP contribution in [0, 0.1) is 0 Å². The van der Waals surface area contributed by atoms with Crippen LogP contribution < -0.4 is 15.5 Å². The Morgan fingerprint density at radius 3 is 2.00 bits per heavy atom. The zero-order valence-electron chi connectivity index (χ0n) is 19.8. The Hall–Kier alpha value is -3.39. The maximum atomic E-state index is 12.8. The van der Waals surface area contributed by atoms with E-state index in [2.05, 4.69) is 10.6 Å². The number of benzene rings is 2. The highest BCUT2D eigenvalue weighted by Crippen LogP contribution is 2.21. The molecule has 2 aromatic rings. The van der Waals surface area contributed by atoms with E-state index in [0.29, 0.717) is 38.2 Å². The summed E-state index contributed by atoms with van der Waals surface area (Å²) in [5.74, 6) is 0.160. The number of nitrogens with one attached hydrogen (secondary N) is 2. The van der Waals surface area contributed by atoms with Gasteiger partial charge in [0.1, 0.15) is 0 Å². The molecule has 0 aromatic heterocycles. The molecule has 2 unspecified atom stereocenters. The summed E-state index contributed by atoms with van der Waals surface area (Å²) in [6, 6.07) is 14.7. The van der Waals surface area contributed by atoms with Gasteiger partial charge in [-0.25, -0.2) is 4.79 Å². The van der Waals surface area contributed by atoms with E-state index in [1.165, 1.54) is 0 Å². The molecule has 8 nitrogen and oxygen atoms in total. The average Bonchev–Trinajstić information content (AvgIpc) is 3.27. The molecular weight excluding hydrogens is 432 g/mol. The number of hydrogen-bond acceptors (Lipinski definition) is 4. The fraction of sp³-hybridized carbons (Fsp3) is 0.423. The second kappa shape index (κ2) is 10.7. The van der Waals surface area contributed by atoms with Crippen molar-refractivity contribution in [3.05, 3.63) is 65.2 Å². The molecule has 2 saturated heterocycles. The molecule has 34 heavy (non-hydrogen) atoms. The van der Waals surface area contributed by atoms with Crippen LogP contribution in [-0.4, -0.2) is 54.6 Å². The number of morpholine rings is 1. The largest absolute Gasteiger partial charge is 0.372 e. The Morgan fingerprint density at radius 1 is 0.912 bits per heavy atom. The van der Waals surface area contributed by atoms with E-state index in [1.54, 1.807) is 17.0 Å². The lowest BCUT2D eigenvalue weighted by Gasteiger charge is -2.35. The molecule has 2 heterocycles. The average molecular weight is 465 g/mol. The molecule has 0 spiro atoms. The molecule has 2 aromatic carbocycles. The van der Waals surface area contributed by atoms with Gasteiger partial charge in [-0.15, -0.1) is 0 Å². The summed E-state index contributed by atoms with van der Waals surface area (Å²) in [6.45, 7) is 6.64. The molecule has 2 aliphatic rings. The fourth-order valence-electron chi connectivity index (χ4n) is 4.43. The Kier molecular flexibility index (Phi) is 7.47. The minimum atomic E-state index is -0.268. The molecule has 2 atom stereocenters. The number of carbonyl (C=O) groups is 3. The number of urea groups is 1. The van der Waals surface area contributed by atoms with Crippen molar-refractivity contribution in [2.45, 2.75) is 52.0 Å². The molecule has 4 amide bonds. The summed E-state index contributed by atoms with van der Waals surface area (Å²) in [4.78, 5) is 40.4. The first-order valence-electron chi connectivity index (χ1n) is 11.8. The Balaban J connectivity index is 1.22. The van der Waals surface area contributed by atoms with Crippen LogP contribution in [0.2, 0.25) is 0 Å². The van der Waals surface area contributed by atoms with Gasteiger partial charge in [0.25, 0.3) is 5.91 Å². The van der Waals surface area contributed by atoms with Gasteiger partial charge in [0.15, 0.2) is 0 Å². The summed E-state index contributed by atoms with van der Waals surface area (Å²) >= 11 is 0. The van der Waals surface area contributed by atoms with Gasteiger partial charge in [0, 0.05) is 50.4 Å². The highest BCUT2D eigenvalue weighted by atomic mass is 16.5. The molecular formula is C26H32N4O4. The lowest BCUT2D eigenvalue weighted by molar-refractivity contribution is -0.117. The van der Waals surface area contributed by atoms with Crippen LogP contribution in [0.15, 0.2) is 48.5 Å². The van der Waals surface area contributed by atoms with Crippen molar-refractivity contribution in [1.82, 2.24) is 15.5 Å². The zero-order chi connectivity index (χ0) is 24.1. The van der Waals surface area contributed by atoms with Crippen molar-refractivity contribution in [1.29, 1.82) is 0 Å². The molecule has 2 N–H and O–H groups in total. The fourth-order valence-corrected chi connectivity index (χ4v) is 4.43. The number of anilines is 1. The van der Waals surface area contributed by atoms with E-state index in [1.807, 2.05) is 55.1 Å². The highest BCUT2D eigenvalue weighted by molar-refractivity contribution is 5.95. The molecule has 0 saturated carbocycles. The van der Waals surface area contributed by atoms with Crippen LogP contribution in [0.4, 0.5) is 10.5 Å². The van der Waals surface area contributed by atoms with Crippen LogP contribution >= 0.6 is 0 Å². The van der Waals surface area contributed by atoms with Gasteiger partial charge in [-0.05, 0) is 55.7 Å². The highest BCUT2D eigenvalue weighted by Gasteiger charge is 2.26. The van der Waals surface area contributed by atoms with Gasteiger partial charge >= 0.3 is 6.03 Å². The van der Waals surface area contributed by atoms with Gasteiger partial charge in [-0.2, -0.15) is 0 Å². The van der Waals surface area contributed by atoms with E-state index in [-0.39, 0.29) is 30.1 Å². The number of ether oxygens (including phenoxy) is 1. The van der Waals surface area contributed by atoms with Crippen molar-refractivity contribution in [3.8, 4) is 0 Å². The van der Waals surface area contributed by atoms with Crippen LogP contribution in [0.5, 0.6) is 0 Å². The van der Waals surface area contributed by atoms with Crippen LogP contribution in [0.25, 0.3) is 0 Å². The van der Waals surface area contributed by atoms with Gasteiger partial charge in [-0.1, -0.05) is 24.3 Å². The summed E-state index contributed by atoms with van der Waals surface area (Å²) in [5.41, 5.74) is 3.40. The minimum absolute atomic E-state index is 0.000585. The van der Waals surface area contributed by atoms with Gasteiger partial charge in [0.05, 0.1) is 12.2 Å². The predicted octanol–water partition coefficient (Wildman–Crippen LogP) is 3.06. The SMILES string of the molecule is CC1CN(C(=O)c2ccc(CNC(=O)NCc3ccc(N4CCCC4=O)cc3)cc2)CC(C)O1. The molecule has 2 aliphatic heterocycles. The molecule has 0 bridgehead atoms. The third-order valence-electron chi connectivity index (χ3n) is 6.14. The van der Waals surface area contributed by atoms with Gasteiger partial charge in [0.2, 0.25) is 5.91 Å². The Labute approximate surface area is 200 Å². The van der Waals surface area contributed by atoms with Crippen LogP contribution in [-0.2, 0) is 22.6 Å². The molecule has 180 valence electrons. The third kappa shape index (κ3) is 5.94. The Bertz CT molecular complexity index is 1010. The molecule has 8 heteroatoms. The molecule has 0 aliphatic carbocycles. The molecule has 4 rings (SSSR count). The number of amides is 4. The van der Waals surface area contributed by atoms with Crippen molar-refractivity contribution in [2.75, 3.05) is 24.5 Å². The first-order valence-corrected chi connectivity index (χ1v) is 11.8. The van der Waals surface area contributed by atoms with Crippen molar-refractivity contribution in [2.24, 2.45) is 0 Å². The first kappa shape index (κ1) is 23.8. The van der Waals surface area contributed by atoms with E-state index in [9.17, 15) is 14.4 Å². The maximum Gasteiger partial charge on any atom is 0.315 e. The smallest absolute Gasteiger partial charge is 0.315 e. The third-order valence-corrected chi connectivity index (χ3v) is 6.14.